The Labute approximate surface area is 139 Å². The second kappa shape index (κ2) is 6.05. The molecule has 4 nitrogen and oxygen atoms in total. The van der Waals surface area contributed by atoms with Crippen molar-refractivity contribution >= 4 is 34.2 Å². The zero-order chi connectivity index (χ0) is 16.6. The maximum Gasteiger partial charge on any atom is 0.230 e. The van der Waals surface area contributed by atoms with E-state index in [9.17, 15) is 4.79 Å². The van der Waals surface area contributed by atoms with Crippen LogP contribution in [0.4, 0.5) is 5.69 Å². The number of carbonyl (C=O) groups is 1. The molecule has 0 radical (unpaired) electrons. The molecule has 0 aliphatic rings. The lowest BCUT2D eigenvalue weighted by molar-refractivity contribution is -0.115. The number of nitrogens with zero attached hydrogens (tertiary/aromatic N) is 1. The highest BCUT2D eigenvalue weighted by molar-refractivity contribution is 6.30. The number of carbonyl (C=O) groups excluding carboxylic acids is 1. The second-order valence-electron chi connectivity index (χ2n) is 5.75. The summed E-state index contributed by atoms with van der Waals surface area (Å²) in [5.41, 5.74) is 5.31. The molecule has 2 aromatic carbocycles. The Hall–Kier alpha value is -2.33. The monoisotopic (exact) mass is 328 g/mol. The minimum atomic E-state index is -0.135. The fourth-order valence-corrected chi connectivity index (χ4v) is 2.71. The van der Waals surface area contributed by atoms with Crippen molar-refractivity contribution < 1.29 is 9.32 Å². The average Bonchev–Trinajstić information content (AvgIpc) is 2.85. The van der Waals surface area contributed by atoms with Crippen LogP contribution >= 0.6 is 11.6 Å². The molecule has 5 heteroatoms. The predicted molar refractivity (Wildman–Crippen MR) is 92.0 cm³/mol. The first-order valence-corrected chi connectivity index (χ1v) is 7.73. The summed E-state index contributed by atoms with van der Waals surface area (Å²) in [6.07, 6.45) is 0.164. The molecule has 0 fully saturated rings. The van der Waals surface area contributed by atoms with E-state index in [0.717, 1.165) is 27.8 Å². The van der Waals surface area contributed by atoms with Gasteiger partial charge in [-0.25, -0.2) is 0 Å². The molecule has 0 bridgehead atoms. The number of fused-ring (bicyclic) bond motifs is 1. The van der Waals surface area contributed by atoms with E-state index < -0.39 is 0 Å². The number of hydrogen-bond donors (Lipinski definition) is 1. The highest BCUT2D eigenvalue weighted by atomic mass is 35.5. The van der Waals surface area contributed by atoms with E-state index in [4.69, 9.17) is 16.1 Å². The topological polar surface area (TPSA) is 55.1 Å². The van der Waals surface area contributed by atoms with Crippen molar-refractivity contribution in [1.82, 2.24) is 5.16 Å². The van der Waals surface area contributed by atoms with Gasteiger partial charge in [0.2, 0.25) is 5.91 Å². The molecule has 23 heavy (non-hydrogen) atoms. The quantitative estimate of drug-likeness (QED) is 0.765. The molecule has 0 saturated carbocycles. The number of anilines is 1. The third kappa shape index (κ3) is 3.22. The summed E-state index contributed by atoms with van der Waals surface area (Å²) in [4.78, 5) is 12.3. The number of hydrogen-bond acceptors (Lipinski definition) is 3. The molecule has 0 aliphatic heterocycles. The van der Waals surface area contributed by atoms with Crippen molar-refractivity contribution in [1.29, 1.82) is 0 Å². The Morgan fingerprint density at radius 3 is 2.61 bits per heavy atom. The van der Waals surface area contributed by atoms with Crippen LogP contribution in [0.25, 0.3) is 11.0 Å². The van der Waals surface area contributed by atoms with Gasteiger partial charge in [0, 0.05) is 16.1 Å². The number of aromatic nitrogens is 1. The van der Waals surface area contributed by atoms with Gasteiger partial charge in [0.05, 0.1) is 6.42 Å². The van der Waals surface area contributed by atoms with Crippen LogP contribution in [0.3, 0.4) is 0 Å². The minimum absolute atomic E-state index is 0.135. The number of benzene rings is 2. The molecule has 0 spiro atoms. The van der Waals surface area contributed by atoms with Gasteiger partial charge in [-0.05, 0) is 67.8 Å². The van der Waals surface area contributed by atoms with E-state index in [0.29, 0.717) is 16.3 Å². The van der Waals surface area contributed by atoms with E-state index in [2.05, 4.69) is 10.5 Å². The van der Waals surface area contributed by atoms with Crippen LogP contribution in [0.5, 0.6) is 0 Å². The van der Waals surface area contributed by atoms with Crippen LogP contribution in [0.2, 0.25) is 5.02 Å². The molecular formula is C18H17ClN2O2. The summed E-state index contributed by atoms with van der Waals surface area (Å²) in [5.74, 6) is -0.135. The molecule has 0 unspecified atom stereocenters. The van der Waals surface area contributed by atoms with E-state index in [1.807, 2.05) is 39.0 Å². The van der Waals surface area contributed by atoms with Gasteiger partial charge in [0.15, 0.2) is 5.58 Å². The van der Waals surface area contributed by atoms with Gasteiger partial charge in [-0.3, -0.25) is 4.79 Å². The van der Waals surface area contributed by atoms with Gasteiger partial charge in [0.1, 0.15) is 5.69 Å². The summed E-state index contributed by atoms with van der Waals surface area (Å²) in [7, 11) is 0. The fourth-order valence-electron chi connectivity index (χ4n) is 2.49. The van der Waals surface area contributed by atoms with Crippen molar-refractivity contribution in [3.8, 4) is 0 Å². The maximum atomic E-state index is 12.3. The van der Waals surface area contributed by atoms with Crippen molar-refractivity contribution in [3.63, 3.8) is 0 Å². The number of rotatable bonds is 3. The molecule has 3 rings (SSSR count). The van der Waals surface area contributed by atoms with Crippen molar-refractivity contribution in [3.05, 3.63) is 57.7 Å². The van der Waals surface area contributed by atoms with E-state index in [1.165, 1.54) is 0 Å². The molecule has 1 heterocycles. The Kier molecular flexibility index (Phi) is 4.09. The third-order valence-corrected chi connectivity index (χ3v) is 4.19. The first-order chi connectivity index (χ1) is 10.9. The largest absolute Gasteiger partial charge is 0.356 e. The van der Waals surface area contributed by atoms with Gasteiger partial charge in [-0.1, -0.05) is 16.8 Å². The van der Waals surface area contributed by atoms with Crippen LogP contribution < -0.4 is 5.32 Å². The highest BCUT2D eigenvalue weighted by Gasteiger charge is 2.14. The van der Waals surface area contributed by atoms with Crippen molar-refractivity contribution in [2.75, 3.05) is 5.32 Å². The zero-order valence-electron chi connectivity index (χ0n) is 13.2. The SMILES string of the molecule is Cc1cc2onc(CC(=O)Nc3ccc(Cl)cc3C)c2cc1C. The van der Waals surface area contributed by atoms with Crippen LogP contribution in [-0.4, -0.2) is 11.1 Å². The predicted octanol–water partition coefficient (Wildman–Crippen LogP) is 4.59. The summed E-state index contributed by atoms with van der Waals surface area (Å²) in [6.45, 7) is 5.95. The van der Waals surface area contributed by atoms with E-state index >= 15 is 0 Å². The molecule has 1 aromatic heterocycles. The van der Waals surface area contributed by atoms with Crippen LogP contribution in [0, 0.1) is 20.8 Å². The van der Waals surface area contributed by atoms with Crippen LogP contribution in [0.15, 0.2) is 34.9 Å². The first kappa shape index (κ1) is 15.6. The number of amides is 1. The lowest BCUT2D eigenvalue weighted by Crippen LogP contribution is -2.15. The lowest BCUT2D eigenvalue weighted by atomic mass is 10.1. The Morgan fingerprint density at radius 2 is 1.87 bits per heavy atom. The summed E-state index contributed by atoms with van der Waals surface area (Å²) in [5, 5.41) is 8.46. The maximum absolute atomic E-state index is 12.3. The molecule has 1 N–H and O–H groups in total. The van der Waals surface area contributed by atoms with Crippen molar-refractivity contribution in [2.45, 2.75) is 27.2 Å². The molecule has 118 valence electrons. The summed E-state index contributed by atoms with van der Waals surface area (Å²) >= 11 is 5.93. The van der Waals surface area contributed by atoms with Gasteiger partial charge >= 0.3 is 0 Å². The first-order valence-electron chi connectivity index (χ1n) is 7.35. The Morgan fingerprint density at radius 1 is 1.13 bits per heavy atom. The molecule has 0 atom stereocenters. The standard InChI is InChI=1S/C18H17ClN2O2/c1-10-7-14-16(21-23-17(14)8-11(10)2)9-18(22)20-15-5-4-13(19)6-12(15)3/h4-8H,9H2,1-3H3,(H,20,22). The second-order valence-corrected chi connectivity index (χ2v) is 6.18. The average molecular weight is 329 g/mol. The Balaban J connectivity index is 1.81. The third-order valence-electron chi connectivity index (χ3n) is 3.95. The van der Waals surface area contributed by atoms with E-state index in [1.54, 1.807) is 12.1 Å². The van der Waals surface area contributed by atoms with Gasteiger partial charge < -0.3 is 9.84 Å². The Bertz CT molecular complexity index is 899. The smallest absolute Gasteiger partial charge is 0.230 e. The minimum Gasteiger partial charge on any atom is -0.356 e. The molecule has 1 amide bonds. The lowest BCUT2D eigenvalue weighted by Gasteiger charge is -2.08. The summed E-state index contributed by atoms with van der Waals surface area (Å²) < 4.78 is 5.33. The van der Waals surface area contributed by atoms with Crippen molar-refractivity contribution in [2.24, 2.45) is 0 Å². The zero-order valence-corrected chi connectivity index (χ0v) is 14.0. The molecule has 3 aromatic rings. The number of aryl methyl sites for hydroxylation is 3. The van der Waals surface area contributed by atoms with Crippen LogP contribution in [0.1, 0.15) is 22.4 Å². The van der Waals surface area contributed by atoms with E-state index in [-0.39, 0.29) is 12.3 Å². The van der Waals surface area contributed by atoms with Crippen LogP contribution in [-0.2, 0) is 11.2 Å². The molecule has 0 saturated heterocycles. The van der Waals surface area contributed by atoms with Gasteiger partial charge in [-0.2, -0.15) is 0 Å². The fraction of sp³-hybridized carbons (Fsp3) is 0.222. The number of halogens is 1. The van der Waals surface area contributed by atoms with Gasteiger partial charge in [0.25, 0.3) is 0 Å². The normalized spacial score (nSPS) is 11.0. The van der Waals surface area contributed by atoms with Gasteiger partial charge in [-0.15, -0.1) is 0 Å². The summed E-state index contributed by atoms with van der Waals surface area (Å²) in [6, 6.07) is 9.32. The molecule has 0 aliphatic carbocycles. The number of nitrogens with one attached hydrogen (secondary N) is 1. The highest BCUT2D eigenvalue weighted by Crippen LogP contribution is 2.24. The molecular weight excluding hydrogens is 312 g/mol.